The van der Waals surface area contributed by atoms with Crippen LogP contribution in [0.3, 0.4) is 0 Å². The minimum Gasteiger partial charge on any atom is -0.485 e. The Kier molecular flexibility index (Phi) is 6.77. The van der Waals surface area contributed by atoms with Gasteiger partial charge in [-0.2, -0.15) is 0 Å². The predicted molar refractivity (Wildman–Crippen MR) is 102 cm³/mol. The van der Waals surface area contributed by atoms with Crippen LogP contribution in [-0.2, 0) is 4.84 Å². The second-order valence-corrected chi connectivity index (χ2v) is 7.05. The van der Waals surface area contributed by atoms with Crippen molar-refractivity contribution < 1.29 is 29.2 Å². The molecule has 2 heterocycles. The van der Waals surface area contributed by atoms with E-state index in [9.17, 15) is 29.8 Å². The quantitative estimate of drug-likeness (QED) is 0.238. The van der Waals surface area contributed by atoms with Gasteiger partial charge in [-0.1, -0.05) is 6.42 Å². The average Bonchev–Trinajstić information content (AvgIpc) is 2.95. The standard InChI is InChI=1S/C18H22N4O8/c23-17-13-11-15(21(25)26)16(29-10-8-19-5-2-1-3-6-19)12-14(13)18(24)20(17)7-4-9-30-22(27)28/h11-12H,1-10H2. The second kappa shape index (κ2) is 9.48. The molecule has 3 rings (SSSR count). The zero-order chi connectivity index (χ0) is 21.7. The summed E-state index contributed by atoms with van der Waals surface area (Å²) in [5, 5.41) is 20.7. The SMILES string of the molecule is O=C1c2cc(OCCN3CCCCC3)c([N+](=O)[O-])cc2C(=O)N1CCCO[N+](=O)[O-]. The van der Waals surface area contributed by atoms with Gasteiger partial charge in [0.05, 0.1) is 22.7 Å². The van der Waals surface area contributed by atoms with E-state index in [1.54, 1.807) is 0 Å². The molecule has 0 bridgehead atoms. The highest BCUT2D eigenvalue weighted by atomic mass is 16.9. The van der Waals surface area contributed by atoms with E-state index < -0.39 is 21.8 Å². The van der Waals surface area contributed by atoms with E-state index in [0.29, 0.717) is 6.54 Å². The van der Waals surface area contributed by atoms with Crippen molar-refractivity contribution in [3.05, 3.63) is 43.5 Å². The van der Waals surface area contributed by atoms with E-state index in [2.05, 4.69) is 9.74 Å². The molecule has 1 aromatic rings. The van der Waals surface area contributed by atoms with Gasteiger partial charge in [0.15, 0.2) is 5.75 Å². The van der Waals surface area contributed by atoms with E-state index in [1.165, 1.54) is 12.5 Å². The topological polar surface area (TPSA) is 145 Å². The summed E-state index contributed by atoms with van der Waals surface area (Å²) in [6, 6.07) is 2.29. The Morgan fingerprint density at radius 1 is 0.933 bits per heavy atom. The van der Waals surface area contributed by atoms with Crippen LogP contribution < -0.4 is 4.74 Å². The molecule has 0 spiro atoms. The number of amides is 2. The fourth-order valence-corrected chi connectivity index (χ4v) is 3.60. The maximum Gasteiger partial charge on any atom is 0.311 e. The lowest BCUT2D eigenvalue weighted by Gasteiger charge is -2.26. The number of fused-ring (bicyclic) bond motifs is 1. The number of nitro groups is 1. The molecule has 2 amide bonds. The molecule has 0 unspecified atom stereocenters. The van der Waals surface area contributed by atoms with Crippen molar-refractivity contribution in [3.63, 3.8) is 0 Å². The lowest BCUT2D eigenvalue weighted by molar-refractivity contribution is -0.757. The molecule has 0 aromatic heterocycles. The number of piperidine rings is 1. The molecule has 0 saturated carbocycles. The van der Waals surface area contributed by atoms with Crippen LogP contribution in [0.5, 0.6) is 5.75 Å². The summed E-state index contributed by atoms with van der Waals surface area (Å²) in [5.41, 5.74) is -0.439. The maximum atomic E-state index is 12.6. The van der Waals surface area contributed by atoms with Gasteiger partial charge in [-0.25, -0.2) is 0 Å². The molecule has 2 aliphatic rings. The highest BCUT2D eigenvalue weighted by Gasteiger charge is 2.38. The van der Waals surface area contributed by atoms with Gasteiger partial charge in [-0.15, -0.1) is 10.1 Å². The van der Waals surface area contributed by atoms with Crippen molar-refractivity contribution in [1.82, 2.24) is 9.80 Å². The fourth-order valence-electron chi connectivity index (χ4n) is 3.60. The molecule has 0 N–H and O–H groups in total. The highest BCUT2D eigenvalue weighted by molar-refractivity contribution is 6.21. The number of benzene rings is 1. The number of carbonyl (C=O) groups excluding carboxylic acids is 2. The number of nitrogens with zero attached hydrogens (tertiary/aromatic N) is 4. The van der Waals surface area contributed by atoms with Crippen molar-refractivity contribution in [3.8, 4) is 5.75 Å². The third-order valence-electron chi connectivity index (χ3n) is 5.08. The highest BCUT2D eigenvalue weighted by Crippen LogP contribution is 2.35. The van der Waals surface area contributed by atoms with Crippen molar-refractivity contribution in [2.24, 2.45) is 0 Å². The summed E-state index contributed by atoms with van der Waals surface area (Å²) in [6.07, 6.45) is 3.47. The van der Waals surface area contributed by atoms with Crippen LogP contribution in [0.25, 0.3) is 0 Å². The Morgan fingerprint density at radius 2 is 1.60 bits per heavy atom. The largest absolute Gasteiger partial charge is 0.485 e. The van der Waals surface area contributed by atoms with Crippen molar-refractivity contribution >= 4 is 17.5 Å². The molecule has 12 heteroatoms. The molecule has 12 nitrogen and oxygen atoms in total. The smallest absolute Gasteiger partial charge is 0.311 e. The van der Waals surface area contributed by atoms with Crippen LogP contribution >= 0.6 is 0 Å². The number of rotatable bonds is 10. The number of likely N-dealkylation sites (tertiary alicyclic amines) is 1. The zero-order valence-corrected chi connectivity index (χ0v) is 16.3. The van der Waals surface area contributed by atoms with Crippen molar-refractivity contribution in [2.45, 2.75) is 25.7 Å². The van der Waals surface area contributed by atoms with E-state index in [0.717, 1.165) is 36.9 Å². The van der Waals surface area contributed by atoms with Crippen LogP contribution in [0.1, 0.15) is 46.4 Å². The third-order valence-corrected chi connectivity index (χ3v) is 5.08. The number of nitro benzene ring substituents is 1. The first-order valence-corrected chi connectivity index (χ1v) is 9.69. The minimum absolute atomic E-state index is 0.0220. The number of hydrogen-bond acceptors (Lipinski definition) is 9. The monoisotopic (exact) mass is 422 g/mol. The second-order valence-electron chi connectivity index (χ2n) is 7.05. The molecule has 0 radical (unpaired) electrons. The van der Waals surface area contributed by atoms with Gasteiger partial charge in [0.2, 0.25) is 0 Å². The zero-order valence-electron chi connectivity index (χ0n) is 16.3. The summed E-state index contributed by atoms with van der Waals surface area (Å²) in [5.74, 6) is -1.36. The maximum absolute atomic E-state index is 12.6. The number of ether oxygens (including phenoxy) is 1. The molecule has 1 aromatic carbocycles. The normalized spacial score (nSPS) is 16.5. The van der Waals surface area contributed by atoms with Crippen LogP contribution in [0.4, 0.5) is 5.69 Å². The van der Waals surface area contributed by atoms with Gasteiger partial charge in [-0.05, 0) is 32.4 Å². The first kappa shape index (κ1) is 21.4. The van der Waals surface area contributed by atoms with E-state index in [4.69, 9.17) is 4.74 Å². The first-order valence-electron chi connectivity index (χ1n) is 9.69. The van der Waals surface area contributed by atoms with Gasteiger partial charge in [0.1, 0.15) is 6.61 Å². The summed E-state index contributed by atoms with van der Waals surface area (Å²) < 4.78 is 5.61. The summed E-state index contributed by atoms with van der Waals surface area (Å²) in [6.45, 7) is 2.38. The number of hydrogen-bond donors (Lipinski definition) is 0. The van der Waals surface area contributed by atoms with Crippen LogP contribution in [0.15, 0.2) is 12.1 Å². The Bertz CT molecular complexity index is 853. The van der Waals surface area contributed by atoms with E-state index in [-0.39, 0.29) is 48.7 Å². The van der Waals surface area contributed by atoms with Crippen molar-refractivity contribution in [2.75, 3.05) is 39.4 Å². The molecule has 1 saturated heterocycles. The summed E-state index contributed by atoms with van der Waals surface area (Å²) >= 11 is 0. The Balaban J connectivity index is 1.70. The molecular weight excluding hydrogens is 400 g/mol. The number of imide groups is 1. The van der Waals surface area contributed by atoms with E-state index in [1.807, 2.05) is 0 Å². The van der Waals surface area contributed by atoms with Gasteiger partial charge in [0, 0.05) is 25.2 Å². The molecule has 1 fully saturated rings. The fraction of sp³-hybridized carbons (Fsp3) is 0.556. The van der Waals surface area contributed by atoms with Gasteiger partial charge in [-0.3, -0.25) is 29.5 Å². The Morgan fingerprint density at radius 3 is 2.23 bits per heavy atom. The van der Waals surface area contributed by atoms with Crippen molar-refractivity contribution in [1.29, 1.82) is 0 Å². The summed E-state index contributed by atoms with van der Waals surface area (Å²) in [7, 11) is 0. The molecule has 30 heavy (non-hydrogen) atoms. The predicted octanol–water partition coefficient (Wildman–Crippen LogP) is 1.65. The first-order chi connectivity index (χ1) is 14.4. The average molecular weight is 422 g/mol. The van der Waals surface area contributed by atoms with Gasteiger partial charge < -0.3 is 9.57 Å². The Labute approximate surface area is 171 Å². The van der Waals surface area contributed by atoms with Gasteiger partial charge >= 0.3 is 5.69 Å². The number of carbonyl (C=O) groups is 2. The van der Waals surface area contributed by atoms with E-state index >= 15 is 0 Å². The molecular formula is C18H22N4O8. The molecule has 0 aliphatic carbocycles. The lowest BCUT2D eigenvalue weighted by atomic mass is 10.1. The van der Waals surface area contributed by atoms with Crippen LogP contribution in [-0.4, -0.2) is 71.0 Å². The molecule has 2 aliphatic heterocycles. The molecule has 162 valence electrons. The van der Waals surface area contributed by atoms with Gasteiger partial charge in [0.25, 0.3) is 16.9 Å². The third kappa shape index (κ3) is 4.82. The Hall–Kier alpha value is -3.28. The van der Waals surface area contributed by atoms with Crippen LogP contribution in [0.2, 0.25) is 0 Å². The lowest BCUT2D eigenvalue weighted by Crippen LogP contribution is -2.33. The minimum atomic E-state index is -0.959. The van der Waals surface area contributed by atoms with Crippen LogP contribution in [0, 0.1) is 20.2 Å². The molecule has 0 atom stereocenters. The summed E-state index contributed by atoms with van der Waals surface area (Å²) in [4.78, 5) is 53.4.